The SMILES string of the molecule is CCOCCOCc1cccc(CN=C(N)NCCC(C)C)c1. The van der Waals surface area contributed by atoms with Crippen LogP contribution < -0.4 is 11.1 Å². The Hall–Kier alpha value is -1.59. The van der Waals surface area contributed by atoms with Crippen LogP contribution in [0.3, 0.4) is 0 Å². The van der Waals surface area contributed by atoms with Gasteiger partial charge in [0.1, 0.15) is 0 Å². The summed E-state index contributed by atoms with van der Waals surface area (Å²) in [6.45, 7) is 10.4. The zero-order valence-electron chi connectivity index (χ0n) is 14.7. The highest BCUT2D eigenvalue weighted by molar-refractivity contribution is 5.77. The highest BCUT2D eigenvalue weighted by Gasteiger charge is 1.98. The van der Waals surface area contributed by atoms with Gasteiger partial charge in [-0.3, -0.25) is 0 Å². The van der Waals surface area contributed by atoms with Crippen LogP contribution in [0.2, 0.25) is 0 Å². The summed E-state index contributed by atoms with van der Waals surface area (Å²) >= 11 is 0. The van der Waals surface area contributed by atoms with E-state index >= 15 is 0 Å². The van der Waals surface area contributed by atoms with E-state index in [2.05, 4.69) is 42.4 Å². The van der Waals surface area contributed by atoms with Gasteiger partial charge < -0.3 is 20.5 Å². The molecule has 0 spiro atoms. The summed E-state index contributed by atoms with van der Waals surface area (Å²) in [4.78, 5) is 4.38. The molecule has 1 aromatic rings. The number of ether oxygens (including phenoxy) is 2. The van der Waals surface area contributed by atoms with E-state index in [9.17, 15) is 0 Å². The van der Waals surface area contributed by atoms with E-state index in [4.69, 9.17) is 15.2 Å². The molecule has 1 rings (SSSR count). The predicted molar refractivity (Wildman–Crippen MR) is 95.4 cm³/mol. The van der Waals surface area contributed by atoms with Crippen LogP contribution in [0.15, 0.2) is 29.3 Å². The molecule has 0 amide bonds. The molecule has 0 unspecified atom stereocenters. The predicted octanol–water partition coefficient (Wildman–Crippen LogP) is 2.69. The second-order valence-electron chi connectivity index (χ2n) is 5.88. The van der Waals surface area contributed by atoms with Crippen LogP contribution in [0.25, 0.3) is 0 Å². The summed E-state index contributed by atoms with van der Waals surface area (Å²) in [7, 11) is 0. The number of nitrogens with two attached hydrogens (primary N) is 1. The number of benzene rings is 1. The van der Waals surface area contributed by atoms with Crippen molar-refractivity contribution >= 4 is 5.96 Å². The number of guanidine groups is 1. The minimum Gasteiger partial charge on any atom is -0.379 e. The fourth-order valence-electron chi connectivity index (χ4n) is 1.99. The third-order valence-corrected chi connectivity index (χ3v) is 3.30. The monoisotopic (exact) mass is 321 g/mol. The number of nitrogens with zero attached hydrogens (tertiary/aromatic N) is 1. The average Bonchev–Trinajstić information content (AvgIpc) is 2.53. The van der Waals surface area contributed by atoms with Crippen LogP contribution in [0.5, 0.6) is 0 Å². The molecule has 3 N–H and O–H groups in total. The van der Waals surface area contributed by atoms with Gasteiger partial charge in [0.05, 0.1) is 26.4 Å². The molecule has 0 radical (unpaired) electrons. The lowest BCUT2D eigenvalue weighted by atomic mass is 10.1. The fourth-order valence-corrected chi connectivity index (χ4v) is 1.99. The van der Waals surface area contributed by atoms with Gasteiger partial charge in [-0.15, -0.1) is 0 Å². The maximum atomic E-state index is 5.87. The average molecular weight is 321 g/mol. The first-order valence-electron chi connectivity index (χ1n) is 8.39. The molecule has 0 aliphatic heterocycles. The van der Waals surface area contributed by atoms with E-state index in [0.717, 1.165) is 30.7 Å². The molecule has 0 aliphatic rings. The Morgan fingerprint density at radius 2 is 1.96 bits per heavy atom. The molecule has 0 saturated heterocycles. The van der Waals surface area contributed by atoms with Crippen LogP contribution in [0.1, 0.15) is 38.3 Å². The van der Waals surface area contributed by atoms with Crippen molar-refractivity contribution in [1.82, 2.24) is 5.32 Å². The second-order valence-corrected chi connectivity index (χ2v) is 5.88. The lowest BCUT2D eigenvalue weighted by molar-refractivity contribution is 0.0453. The molecule has 0 saturated carbocycles. The summed E-state index contributed by atoms with van der Waals surface area (Å²) in [5.41, 5.74) is 8.14. The van der Waals surface area contributed by atoms with Crippen molar-refractivity contribution in [3.05, 3.63) is 35.4 Å². The summed E-state index contributed by atoms with van der Waals surface area (Å²) in [5.74, 6) is 1.17. The molecule has 0 fully saturated rings. The topological polar surface area (TPSA) is 68.9 Å². The Labute approximate surface area is 140 Å². The maximum absolute atomic E-state index is 5.87. The summed E-state index contributed by atoms with van der Waals surface area (Å²) < 4.78 is 10.8. The Balaban J connectivity index is 2.35. The molecular weight excluding hydrogens is 290 g/mol. The van der Waals surface area contributed by atoms with E-state index in [-0.39, 0.29) is 0 Å². The standard InChI is InChI=1S/C18H31N3O2/c1-4-22-10-11-23-14-17-7-5-6-16(12-17)13-21-18(19)20-9-8-15(2)3/h5-7,12,15H,4,8-11,13-14H2,1-3H3,(H3,19,20,21). The molecule has 5 heteroatoms. The molecule has 23 heavy (non-hydrogen) atoms. The molecule has 0 bridgehead atoms. The maximum Gasteiger partial charge on any atom is 0.188 e. The van der Waals surface area contributed by atoms with Gasteiger partial charge in [-0.2, -0.15) is 0 Å². The third-order valence-electron chi connectivity index (χ3n) is 3.30. The van der Waals surface area contributed by atoms with Crippen LogP contribution in [-0.4, -0.2) is 32.3 Å². The fraction of sp³-hybridized carbons (Fsp3) is 0.611. The minimum atomic E-state index is 0.504. The van der Waals surface area contributed by atoms with Crippen molar-refractivity contribution in [2.24, 2.45) is 16.6 Å². The zero-order chi connectivity index (χ0) is 16.9. The van der Waals surface area contributed by atoms with Crippen molar-refractivity contribution in [3.63, 3.8) is 0 Å². The van der Waals surface area contributed by atoms with Gasteiger partial charge in [-0.25, -0.2) is 4.99 Å². The van der Waals surface area contributed by atoms with Crippen LogP contribution in [0.4, 0.5) is 0 Å². The molecule has 5 nitrogen and oxygen atoms in total. The molecule has 130 valence electrons. The Kier molecular flexibility index (Phi) is 10.1. The van der Waals surface area contributed by atoms with Gasteiger partial charge >= 0.3 is 0 Å². The normalized spacial score (nSPS) is 11.9. The number of nitrogens with one attached hydrogen (secondary N) is 1. The number of rotatable bonds is 11. The molecule has 0 heterocycles. The Morgan fingerprint density at radius 1 is 1.22 bits per heavy atom. The highest BCUT2D eigenvalue weighted by atomic mass is 16.5. The van der Waals surface area contributed by atoms with Crippen molar-refractivity contribution < 1.29 is 9.47 Å². The van der Waals surface area contributed by atoms with E-state index < -0.39 is 0 Å². The van der Waals surface area contributed by atoms with Gasteiger partial charge in [0, 0.05) is 13.2 Å². The highest BCUT2D eigenvalue weighted by Crippen LogP contribution is 2.08. The van der Waals surface area contributed by atoms with Crippen molar-refractivity contribution in [2.45, 2.75) is 40.3 Å². The van der Waals surface area contributed by atoms with Crippen LogP contribution in [0, 0.1) is 5.92 Å². The molecule has 0 atom stereocenters. The lowest BCUT2D eigenvalue weighted by Gasteiger charge is -2.08. The third kappa shape index (κ3) is 9.92. The molecule has 1 aromatic carbocycles. The van der Waals surface area contributed by atoms with Crippen LogP contribution >= 0.6 is 0 Å². The van der Waals surface area contributed by atoms with Crippen LogP contribution in [-0.2, 0) is 22.6 Å². The summed E-state index contributed by atoms with van der Waals surface area (Å²) in [5, 5.41) is 3.14. The molecular formula is C18H31N3O2. The number of hydrogen-bond acceptors (Lipinski definition) is 3. The Morgan fingerprint density at radius 3 is 2.70 bits per heavy atom. The minimum absolute atomic E-state index is 0.504. The van der Waals surface area contributed by atoms with Crippen molar-refractivity contribution in [3.8, 4) is 0 Å². The molecule has 0 aromatic heterocycles. The first-order valence-corrected chi connectivity index (χ1v) is 8.39. The summed E-state index contributed by atoms with van der Waals surface area (Å²) in [6, 6.07) is 8.23. The van der Waals surface area contributed by atoms with E-state index in [1.54, 1.807) is 0 Å². The first kappa shape index (κ1) is 19.5. The van der Waals surface area contributed by atoms with Crippen molar-refractivity contribution in [1.29, 1.82) is 0 Å². The quantitative estimate of drug-likeness (QED) is 0.373. The van der Waals surface area contributed by atoms with Crippen molar-refractivity contribution in [2.75, 3.05) is 26.4 Å². The van der Waals surface area contributed by atoms with Gasteiger partial charge in [0.15, 0.2) is 5.96 Å². The Bertz CT molecular complexity index is 461. The second kappa shape index (κ2) is 11.9. The zero-order valence-corrected chi connectivity index (χ0v) is 14.7. The lowest BCUT2D eigenvalue weighted by Crippen LogP contribution is -2.32. The van der Waals surface area contributed by atoms with E-state index in [1.165, 1.54) is 0 Å². The van der Waals surface area contributed by atoms with Gasteiger partial charge in [0.25, 0.3) is 0 Å². The largest absolute Gasteiger partial charge is 0.379 e. The summed E-state index contributed by atoms with van der Waals surface area (Å²) in [6.07, 6.45) is 1.09. The van der Waals surface area contributed by atoms with Gasteiger partial charge in [-0.1, -0.05) is 38.1 Å². The number of aliphatic imine (C=N–C) groups is 1. The van der Waals surface area contributed by atoms with E-state index in [0.29, 0.717) is 38.2 Å². The number of hydrogen-bond donors (Lipinski definition) is 2. The first-order chi connectivity index (χ1) is 11.1. The van der Waals surface area contributed by atoms with E-state index in [1.807, 2.05) is 13.0 Å². The molecule has 0 aliphatic carbocycles. The van der Waals surface area contributed by atoms with Gasteiger partial charge in [0.2, 0.25) is 0 Å². The smallest absolute Gasteiger partial charge is 0.188 e. The van der Waals surface area contributed by atoms with Gasteiger partial charge in [-0.05, 0) is 30.4 Å².